The average molecular weight is 223 g/mol. The highest BCUT2D eigenvalue weighted by Crippen LogP contribution is 2.37. The van der Waals surface area contributed by atoms with Gasteiger partial charge in [-0.25, -0.2) is 9.79 Å². The van der Waals surface area contributed by atoms with Gasteiger partial charge in [0.2, 0.25) is 11.8 Å². The fraction of sp³-hybridized carbons (Fsp3) is 0.364. The normalized spacial score (nSPS) is 9.38. The molecule has 1 aromatic rings. The van der Waals surface area contributed by atoms with E-state index >= 15 is 0 Å². The SMILES string of the molecule is CCOc1cc(CN=C=O)cc(O)c1OC. The van der Waals surface area contributed by atoms with E-state index in [1.54, 1.807) is 6.07 Å². The number of ether oxygens (including phenoxy) is 2. The van der Waals surface area contributed by atoms with Crippen LogP contribution < -0.4 is 9.47 Å². The molecule has 0 amide bonds. The van der Waals surface area contributed by atoms with E-state index in [0.29, 0.717) is 17.9 Å². The van der Waals surface area contributed by atoms with E-state index < -0.39 is 0 Å². The van der Waals surface area contributed by atoms with Gasteiger partial charge in [-0.3, -0.25) is 0 Å². The lowest BCUT2D eigenvalue weighted by atomic mass is 10.2. The quantitative estimate of drug-likeness (QED) is 0.608. The number of aromatic hydroxyl groups is 1. The van der Waals surface area contributed by atoms with E-state index in [1.165, 1.54) is 19.3 Å². The molecule has 5 heteroatoms. The van der Waals surface area contributed by atoms with Gasteiger partial charge in [0.05, 0.1) is 20.3 Å². The van der Waals surface area contributed by atoms with E-state index in [4.69, 9.17) is 9.47 Å². The monoisotopic (exact) mass is 223 g/mol. The minimum Gasteiger partial charge on any atom is -0.504 e. The Kier molecular flexibility index (Phi) is 4.36. The van der Waals surface area contributed by atoms with Gasteiger partial charge in [0.15, 0.2) is 11.5 Å². The second-order valence-electron chi connectivity index (χ2n) is 2.99. The summed E-state index contributed by atoms with van der Waals surface area (Å²) in [7, 11) is 1.45. The van der Waals surface area contributed by atoms with Crippen molar-refractivity contribution in [3.05, 3.63) is 17.7 Å². The summed E-state index contributed by atoms with van der Waals surface area (Å²) in [6, 6.07) is 3.14. The van der Waals surface area contributed by atoms with Crippen molar-refractivity contribution in [3.8, 4) is 17.2 Å². The molecule has 0 spiro atoms. The lowest BCUT2D eigenvalue weighted by molar-refractivity contribution is 0.300. The summed E-state index contributed by atoms with van der Waals surface area (Å²) in [6.45, 7) is 2.43. The van der Waals surface area contributed by atoms with Crippen molar-refractivity contribution in [2.24, 2.45) is 4.99 Å². The highest BCUT2D eigenvalue weighted by Gasteiger charge is 2.11. The number of carbonyl (C=O) groups excluding carboxylic acids is 1. The molecule has 5 nitrogen and oxygen atoms in total. The smallest absolute Gasteiger partial charge is 0.235 e. The van der Waals surface area contributed by atoms with Gasteiger partial charge < -0.3 is 14.6 Å². The van der Waals surface area contributed by atoms with E-state index in [0.717, 1.165) is 0 Å². The van der Waals surface area contributed by atoms with E-state index in [-0.39, 0.29) is 18.0 Å². The number of aliphatic imine (C=N–C) groups is 1. The molecular formula is C11H13NO4. The van der Waals surface area contributed by atoms with Crippen LogP contribution in [0.3, 0.4) is 0 Å². The van der Waals surface area contributed by atoms with Crippen LogP contribution in [0.5, 0.6) is 17.2 Å². The third kappa shape index (κ3) is 2.74. The van der Waals surface area contributed by atoms with Crippen molar-refractivity contribution >= 4 is 6.08 Å². The number of isocyanates is 1. The Balaban J connectivity index is 3.10. The summed E-state index contributed by atoms with van der Waals surface area (Å²) in [5.41, 5.74) is 0.658. The standard InChI is InChI=1S/C11H13NO4/c1-3-16-10-5-8(6-12-7-13)4-9(14)11(10)15-2/h4-5,14H,3,6H2,1-2H3. The van der Waals surface area contributed by atoms with Gasteiger partial charge in [-0.2, -0.15) is 0 Å². The summed E-state index contributed by atoms with van der Waals surface area (Å²) in [5.74, 6) is 0.673. The molecule has 1 N–H and O–H groups in total. The molecule has 1 aromatic carbocycles. The number of nitrogens with zero attached hydrogens (tertiary/aromatic N) is 1. The fourth-order valence-corrected chi connectivity index (χ4v) is 1.33. The maximum Gasteiger partial charge on any atom is 0.235 e. The zero-order chi connectivity index (χ0) is 12.0. The van der Waals surface area contributed by atoms with E-state index in [2.05, 4.69) is 4.99 Å². The Hall–Kier alpha value is -2.00. The number of phenols is 1. The lowest BCUT2D eigenvalue weighted by Gasteiger charge is -2.11. The third-order valence-corrected chi connectivity index (χ3v) is 1.93. The molecule has 0 aliphatic carbocycles. The Labute approximate surface area is 93.3 Å². The summed E-state index contributed by atoms with van der Waals surface area (Å²) >= 11 is 0. The molecule has 16 heavy (non-hydrogen) atoms. The van der Waals surface area contributed by atoms with Crippen LogP contribution in [-0.2, 0) is 11.3 Å². The maximum atomic E-state index is 9.99. The summed E-state index contributed by atoms with van der Waals surface area (Å²) < 4.78 is 10.3. The highest BCUT2D eigenvalue weighted by atomic mass is 16.5. The lowest BCUT2D eigenvalue weighted by Crippen LogP contribution is -1.97. The van der Waals surface area contributed by atoms with Crippen molar-refractivity contribution in [1.29, 1.82) is 0 Å². The Morgan fingerprint density at radius 1 is 1.50 bits per heavy atom. The first-order valence-corrected chi connectivity index (χ1v) is 4.79. The van der Waals surface area contributed by atoms with Gasteiger partial charge in [0.1, 0.15) is 0 Å². The minimum absolute atomic E-state index is 0.0375. The number of phenolic OH excluding ortho intramolecular Hbond substituents is 1. The van der Waals surface area contributed by atoms with Crippen LogP contribution in [0.4, 0.5) is 0 Å². The van der Waals surface area contributed by atoms with Gasteiger partial charge in [0, 0.05) is 0 Å². The zero-order valence-corrected chi connectivity index (χ0v) is 9.19. The molecule has 0 radical (unpaired) electrons. The first-order valence-electron chi connectivity index (χ1n) is 4.79. The predicted molar refractivity (Wildman–Crippen MR) is 57.7 cm³/mol. The molecule has 0 bridgehead atoms. The maximum absolute atomic E-state index is 9.99. The molecule has 0 fully saturated rings. The first kappa shape index (κ1) is 12.1. The molecule has 86 valence electrons. The average Bonchev–Trinajstić information content (AvgIpc) is 2.26. The van der Waals surface area contributed by atoms with Crippen molar-refractivity contribution in [3.63, 3.8) is 0 Å². The summed E-state index contributed by atoms with van der Waals surface area (Å²) in [4.78, 5) is 13.4. The van der Waals surface area contributed by atoms with Crippen LogP contribution >= 0.6 is 0 Å². The second kappa shape index (κ2) is 5.78. The molecule has 0 atom stereocenters. The number of rotatable bonds is 5. The third-order valence-electron chi connectivity index (χ3n) is 1.93. The number of hydrogen-bond acceptors (Lipinski definition) is 5. The minimum atomic E-state index is -0.0375. The van der Waals surface area contributed by atoms with Gasteiger partial charge in [0.25, 0.3) is 0 Å². The molecule has 0 saturated carbocycles. The van der Waals surface area contributed by atoms with Crippen LogP contribution in [-0.4, -0.2) is 24.9 Å². The largest absolute Gasteiger partial charge is 0.504 e. The number of hydrogen-bond donors (Lipinski definition) is 1. The van der Waals surface area contributed by atoms with Gasteiger partial charge in [-0.1, -0.05) is 0 Å². The van der Waals surface area contributed by atoms with Crippen LogP contribution in [0.15, 0.2) is 17.1 Å². The van der Waals surface area contributed by atoms with Crippen LogP contribution in [0.2, 0.25) is 0 Å². The van der Waals surface area contributed by atoms with Crippen molar-refractivity contribution < 1.29 is 19.4 Å². The van der Waals surface area contributed by atoms with Crippen LogP contribution in [0.1, 0.15) is 12.5 Å². The zero-order valence-electron chi connectivity index (χ0n) is 9.19. The van der Waals surface area contributed by atoms with Crippen molar-refractivity contribution in [2.75, 3.05) is 13.7 Å². The van der Waals surface area contributed by atoms with Crippen molar-refractivity contribution in [1.82, 2.24) is 0 Å². The number of methoxy groups -OCH3 is 1. The summed E-state index contributed by atoms with van der Waals surface area (Å²) in [6.07, 6.45) is 1.44. The topological polar surface area (TPSA) is 68.1 Å². The Bertz CT molecular complexity index is 411. The predicted octanol–water partition coefficient (Wildman–Crippen LogP) is 1.64. The molecule has 0 unspecified atom stereocenters. The molecule has 0 heterocycles. The van der Waals surface area contributed by atoms with E-state index in [9.17, 15) is 9.90 Å². The van der Waals surface area contributed by atoms with E-state index in [1.807, 2.05) is 6.92 Å². The second-order valence-corrected chi connectivity index (χ2v) is 2.99. The molecule has 0 aliphatic rings. The Morgan fingerprint density at radius 3 is 2.81 bits per heavy atom. The van der Waals surface area contributed by atoms with Crippen molar-refractivity contribution in [2.45, 2.75) is 13.5 Å². The van der Waals surface area contributed by atoms with Gasteiger partial charge in [-0.05, 0) is 24.6 Å². The highest BCUT2D eigenvalue weighted by molar-refractivity contribution is 5.53. The molecular weight excluding hydrogens is 210 g/mol. The van der Waals surface area contributed by atoms with Crippen LogP contribution in [0, 0.1) is 0 Å². The van der Waals surface area contributed by atoms with Crippen LogP contribution in [0.25, 0.3) is 0 Å². The summed E-state index contributed by atoms with van der Waals surface area (Å²) in [5, 5.41) is 9.65. The van der Waals surface area contributed by atoms with Gasteiger partial charge in [-0.15, -0.1) is 0 Å². The Morgan fingerprint density at radius 2 is 2.25 bits per heavy atom. The molecule has 0 aliphatic heterocycles. The fourth-order valence-electron chi connectivity index (χ4n) is 1.33. The number of benzene rings is 1. The van der Waals surface area contributed by atoms with Gasteiger partial charge >= 0.3 is 0 Å². The molecule has 0 saturated heterocycles. The first-order chi connectivity index (χ1) is 7.72. The molecule has 1 rings (SSSR count). The molecule has 0 aromatic heterocycles.